The summed E-state index contributed by atoms with van der Waals surface area (Å²) < 4.78 is 24.3. The lowest BCUT2D eigenvalue weighted by Crippen LogP contribution is -2.44. The van der Waals surface area contributed by atoms with Crippen molar-refractivity contribution >= 4 is 44.9 Å². The number of aromatic hydroxyl groups is 2. The van der Waals surface area contributed by atoms with E-state index in [1.165, 1.54) is 46.3 Å². The third-order valence-corrected chi connectivity index (χ3v) is 12.6. The summed E-state index contributed by atoms with van der Waals surface area (Å²) in [5.41, 5.74) is -0.607. The highest BCUT2D eigenvalue weighted by Crippen LogP contribution is 2.51. The molecular weight excluding hydrogens is 789 g/mol. The van der Waals surface area contributed by atoms with Gasteiger partial charge in [0, 0.05) is 98.2 Å². The summed E-state index contributed by atoms with van der Waals surface area (Å²) in [6, 6.07) is 3.22. The van der Waals surface area contributed by atoms with E-state index in [2.05, 4.69) is 10.6 Å². The number of anilines is 2. The first kappa shape index (κ1) is 43.6. The van der Waals surface area contributed by atoms with Crippen molar-refractivity contribution in [2.75, 3.05) is 43.5 Å². The first-order valence-corrected chi connectivity index (χ1v) is 20.5. The van der Waals surface area contributed by atoms with Crippen molar-refractivity contribution in [3.05, 3.63) is 69.6 Å². The number of fused-ring (bicyclic) bond motifs is 2. The minimum absolute atomic E-state index is 0.00511. The van der Waals surface area contributed by atoms with Crippen molar-refractivity contribution in [1.82, 2.24) is 10.3 Å². The van der Waals surface area contributed by atoms with E-state index >= 15 is 0 Å². The van der Waals surface area contributed by atoms with Crippen LogP contribution in [0.3, 0.4) is 0 Å². The number of phenolic OH excluding ortho intramolecular Hbond substituents is 2. The molecule has 16 nitrogen and oxygen atoms in total. The van der Waals surface area contributed by atoms with Crippen molar-refractivity contribution in [1.29, 1.82) is 0 Å². The number of aliphatic hydroxyl groups excluding tert-OH is 3. The topological polar surface area (TPSA) is 233 Å². The maximum Gasteiger partial charge on any atom is 0.312 e. The van der Waals surface area contributed by atoms with Gasteiger partial charge in [0.1, 0.15) is 34.1 Å². The van der Waals surface area contributed by atoms with Gasteiger partial charge in [-0.2, -0.15) is 0 Å². The number of piperazine rings is 1. The van der Waals surface area contributed by atoms with Crippen LogP contribution in [-0.4, -0.2) is 106 Å². The van der Waals surface area contributed by atoms with Gasteiger partial charge in [-0.1, -0.05) is 45.9 Å². The number of hydrogen-bond acceptors (Lipinski definition) is 15. The smallest absolute Gasteiger partial charge is 0.312 e. The fourth-order valence-corrected chi connectivity index (χ4v) is 8.59. The fourth-order valence-electron chi connectivity index (χ4n) is 8.59. The number of nitrogens with one attached hydrogen (secondary N) is 2. The average molecular weight is 843 g/mol. The molecule has 1 aliphatic carbocycles. The number of aliphatic hydroxyl groups is 3. The lowest BCUT2D eigenvalue weighted by atomic mass is 9.78. The van der Waals surface area contributed by atoms with Crippen LogP contribution in [0.1, 0.15) is 57.5 Å². The van der Waals surface area contributed by atoms with Gasteiger partial charge < -0.3 is 59.7 Å². The number of carbonyl (C=O) groups excluding carboxylic acids is 2. The second-order valence-corrected chi connectivity index (χ2v) is 16.7. The quantitative estimate of drug-likeness (QED) is 0.109. The maximum atomic E-state index is 14.7. The number of hydrogen-bond donors (Lipinski definition) is 7. The molecule has 1 saturated heterocycles. The molecule has 7 N–H and O–H groups in total. The van der Waals surface area contributed by atoms with E-state index in [0.29, 0.717) is 31.9 Å². The number of amides is 1. The molecule has 4 heterocycles. The number of ether oxygens (including phenoxy) is 3. The van der Waals surface area contributed by atoms with Gasteiger partial charge in [-0.05, 0) is 19.9 Å². The van der Waals surface area contributed by atoms with Gasteiger partial charge in [0.15, 0.2) is 11.3 Å². The molecule has 7 rings (SSSR count). The van der Waals surface area contributed by atoms with Crippen molar-refractivity contribution in [3.8, 4) is 28.7 Å². The zero-order chi connectivity index (χ0) is 44.2. The summed E-state index contributed by atoms with van der Waals surface area (Å²) in [4.78, 5) is 50.1. The van der Waals surface area contributed by atoms with E-state index in [0.717, 1.165) is 0 Å². The second-order valence-electron chi connectivity index (χ2n) is 16.7. The normalized spacial score (nSPS) is 31.2. The number of carbonyl (C=O) groups is 2. The van der Waals surface area contributed by atoms with Gasteiger partial charge in [0.05, 0.1) is 41.6 Å². The van der Waals surface area contributed by atoms with Crippen molar-refractivity contribution in [3.63, 3.8) is 0 Å². The van der Waals surface area contributed by atoms with Crippen LogP contribution in [0.15, 0.2) is 57.5 Å². The fraction of sp³-hybridized carbons (Fsp3) is 0.467. The Balaban J connectivity index is 1.46. The molecule has 0 unspecified atom stereocenters. The van der Waals surface area contributed by atoms with Gasteiger partial charge >= 0.3 is 5.79 Å². The van der Waals surface area contributed by atoms with Gasteiger partial charge in [-0.25, -0.2) is 4.98 Å². The third-order valence-electron chi connectivity index (χ3n) is 12.6. The molecule has 0 aromatic heterocycles. The number of aromatic nitrogens is 1. The predicted octanol–water partition coefficient (Wildman–Crippen LogP) is 4.49. The molecule has 4 bridgehead atoms. The Hall–Kier alpha value is -5.52. The summed E-state index contributed by atoms with van der Waals surface area (Å²) in [7, 11) is 1.44. The highest BCUT2D eigenvalue weighted by molar-refractivity contribution is 6.22. The highest BCUT2D eigenvalue weighted by atomic mass is 16.7. The van der Waals surface area contributed by atoms with Crippen molar-refractivity contribution in [2.45, 2.75) is 78.7 Å². The lowest BCUT2D eigenvalue weighted by molar-refractivity contribution is -0.112. The number of nitrogens with zero attached hydrogens (tertiary/aromatic N) is 2. The Bertz CT molecular complexity index is 2510. The highest BCUT2D eigenvalue weighted by Gasteiger charge is 2.50. The Morgan fingerprint density at radius 2 is 1.59 bits per heavy atom. The predicted molar refractivity (Wildman–Crippen MR) is 228 cm³/mol. The van der Waals surface area contributed by atoms with E-state index in [1.54, 1.807) is 52.0 Å². The lowest BCUT2D eigenvalue weighted by Gasteiger charge is -2.36. The number of phenols is 2. The molecule has 2 aromatic carbocycles. The standard InChI is InChI=1S/C45H54N4O12/c1-20-10-9-11-21(2)44(57)48-35-40(55)31-30(34-42(35)60-29-19-26(18-27(50)33(29)47-34)49-15-13-46-14-16-49)32-41(25(6)39(31)54)61-45(7,43(32)56)59-17-12-28(58-8)22(3)37(52)24(5)38(53)23(4)36(20)51/h9-12,17-20,22-24,28,36-38,46,50-54H,13-16H2,1-8H3,(H,48,57)/b10-9+,17-12+,21-11-/t20-,22+,23+,24-,28-,36-,37+,38+,45-/m0/s1. The number of rotatable bonds is 2. The zero-order valence-corrected chi connectivity index (χ0v) is 35.5. The Labute approximate surface area is 352 Å². The first-order chi connectivity index (χ1) is 28.9. The monoisotopic (exact) mass is 842 g/mol. The molecule has 9 atom stereocenters. The van der Waals surface area contributed by atoms with Crippen LogP contribution in [0, 0.1) is 30.6 Å². The minimum atomic E-state index is -2.05. The SMILES string of the molecule is CO[C@H]1/C=C/O[C@@]2(C)Oc3c(C)c(O)c4c(=O)c(c5oc6cc(N7CCNCC7)cc(O)c6nc-5c4c3C2=O)NC(=O)/C(C)=C\C=C\[C@H](C)[C@H](O)[C@@H](C)[C@@H](O)[C@@H](C)[C@H](O)[C@@H]1C. The molecule has 16 heteroatoms. The number of benzene rings is 3. The zero-order valence-electron chi connectivity index (χ0n) is 35.5. The Morgan fingerprint density at radius 3 is 2.28 bits per heavy atom. The molecule has 5 aliphatic rings. The third kappa shape index (κ3) is 7.60. The van der Waals surface area contributed by atoms with Crippen LogP contribution >= 0.6 is 0 Å². The van der Waals surface area contributed by atoms with E-state index in [9.17, 15) is 39.9 Å². The largest absolute Gasteiger partial charge is 0.507 e. The average Bonchev–Trinajstić information content (AvgIpc) is 3.52. The van der Waals surface area contributed by atoms with E-state index in [1.807, 2.05) is 4.90 Å². The van der Waals surface area contributed by atoms with Gasteiger partial charge in [0.2, 0.25) is 5.43 Å². The molecule has 1 fully saturated rings. The van der Waals surface area contributed by atoms with Crippen molar-refractivity contribution in [2.24, 2.45) is 23.7 Å². The number of allylic oxidation sites excluding steroid dienone is 2. The number of methoxy groups -OCH3 is 1. The number of Topliss-reactive ketones (excluding diaryl/α,β-unsaturated/α-hetero) is 1. The summed E-state index contributed by atoms with van der Waals surface area (Å²) in [5.74, 6) is -7.07. The molecule has 0 radical (unpaired) electrons. The first-order valence-electron chi connectivity index (χ1n) is 20.5. The summed E-state index contributed by atoms with van der Waals surface area (Å²) >= 11 is 0. The molecule has 326 valence electrons. The maximum absolute atomic E-state index is 14.7. The van der Waals surface area contributed by atoms with Crippen LogP contribution in [0.25, 0.3) is 33.3 Å². The Kier molecular flexibility index (Phi) is 12.0. The van der Waals surface area contributed by atoms with Crippen molar-refractivity contribution < 1.29 is 53.7 Å². The Morgan fingerprint density at radius 1 is 0.918 bits per heavy atom. The van der Waals surface area contributed by atoms with Gasteiger partial charge in [-0.3, -0.25) is 14.4 Å². The molecular formula is C45H54N4O12. The van der Waals surface area contributed by atoms with Crippen LogP contribution in [-0.2, 0) is 14.3 Å². The van der Waals surface area contributed by atoms with E-state index in [-0.39, 0.29) is 67.2 Å². The van der Waals surface area contributed by atoms with Crippen LogP contribution in [0.4, 0.5) is 11.4 Å². The summed E-state index contributed by atoms with van der Waals surface area (Å²) in [6.07, 6.45) is 3.39. The number of ketones is 1. The molecule has 4 aliphatic heterocycles. The van der Waals surface area contributed by atoms with Crippen LogP contribution in [0.2, 0.25) is 0 Å². The van der Waals surface area contributed by atoms with Crippen LogP contribution in [0.5, 0.6) is 17.2 Å². The van der Waals surface area contributed by atoms with Crippen LogP contribution < -0.4 is 25.7 Å². The van der Waals surface area contributed by atoms with E-state index < -0.39 is 76.7 Å². The van der Waals surface area contributed by atoms with Gasteiger partial charge in [0.25, 0.3) is 11.7 Å². The summed E-state index contributed by atoms with van der Waals surface area (Å²) in [6.45, 7) is 13.9. The van der Waals surface area contributed by atoms with Gasteiger partial charge in [-0.15, -0.1) is 0 Å². The minimum Gasteiger partial charge on any atom is -0.507 e. The van der Waals surface area contributed by atoms with E-state index in [4.69, 9.17) is 23.6 Å². The molecule has 2 aromatic rings. The molecule has 0 saturated carbocycles. The molecule has 1 amide bonds. The molecule has 0 spiro atoms. The summed E-state index contributed by atoms with van der Waals surface area (Å²) in [5, 5.41) is 62.6. The second kappa shape index (κ2) is 16.7. The molecule has 61 heavy (non-hydrogen) atoms.